The van der Waals surface area contributed by atoms with Gasteiger partial charge in [0.15, 0.2) is 0 Å². The number of nitrogens with zero attached hydrogens (tertiary/aromatic N) is 2. The van der Waals surface area contributed by atoms with Gasteiger partial charge in [0, 0.05) is 17.5 Å². The van der Waals surface area contributed by atoms with Crippen LogP contribution in [0, 0.1) is 17.8 Å². The van der Waals surface area contributed by atoms with Crippen molar-refractivity contribution in [3.63, 3.8) is 0 Å². The normalized spacial score (nSPS) is 31.0. The highest BCUT2D eigenvalue weighted by molar-refractivity contribution is 8.02. The van der Waals surface area contributed by atoms with Gasteiger partial charge in [-0.15, -0.1) is 11.8 Å². The van der Waals surface area contributed by atoms with Crippen LogP contribution >= 0.6 is 11.8 Å². The molecule has 0 saturated carbocycles. The number of ether oxygens (including phenoxy) is 1. The number of anilines is 1. The lowest BCUT2D eigenvalue weighted by Gasteiger charge is -2.39. The van der Waals surface area contributed by atoms with Crippen LogP contribution in [0.2, 0.25) is 0 Å². The van der Waals surface area contributed by atoms with Gasteiger partial charge in [-0.3, -0.25) is 14.4 Å². The highest BCUT2D eigenvalue weighted by atomic mass is 32.2. The molecule has 2 aromatic rings. The highest BCUT2D eigenvalue weighted by Crippen LogP contribution is 2.61. The summed E-state index contributed by atoms with van der Waals surface area (Å²) in [7, 11) is 0. The monoisotopic (exact) mass is 546 g/mol. The number of hydrogen-bond acceptors (Lipinski definition) is 6. The number of amides is 2. The lowest BCUT2D eigenvalue weighted by Crippen LogP contribution is -2.57. The van der Waals surface area contributed by atoms with E-state index in [2.05, 4.69) is 0 Å². The Labute approximate surface area is 232 Å². The molecule has 2 saturated heterocycles. The quantitative estimate of drug-likeness (QED) is 0.452. The molecule has 4 heterocycles. The van der Waals surface area contributed by atoms with Gasteiger partial charge in [0.2, 0.25) is 5.91 Å². The predicted octanol–water partition coefficient (Wildman–Crippen LogP) is 3.95. The lowest BCUT2D eigenvalue weighted by molar-refractivity contribution is -0.153. The van der Waals surface area contributed by atoms with E-state index in [0.717, 1.165) is 16.5 Å². The Bertz CT molecular complexity index is 1370. The summed E-state index contributed by atoms with van der Waals surface area (Å²) in [6, 6.07) is 12.6. The van der Waals surface area contributed by atoms with Crippen LogP contribution in [0.3, 0.4) is 0 Å². The molecule has 6 atom stereocenters. The van der Waals surface area contributed by atoms with Gasteiger partial charge in [0.25, 0.3) is 5.91 Å². The van der Waals surface area contributed by atoms with Crippen LogP contribution in [-0.2, 0) is 19.1 Å². The summed E-state index contributed by atoms with van der Waals surface area (Å²) < 4.78 is 4.63. The van der Waals surface area contributed by atoms with Gasteiger partial charge < -0.3 is 19.6 Å². The molecule has 8 heteroatoms. The minimum atomic E-state index is -0.937. The van der Waals surface area contributed by atoms with E-state index < -0.39 is 28.7 Å². The second kappa shape index (κ2) is 10.1. The minimum absolute atomic E-state index is 0.188. The number of aliphatic hydroxyl groups excluding tert-OH is 1. The third-order valence-electron chi connectivity index (χ3n) is 8.45. The first-order valence-corrected chi connectivity index (χ1v) is 14.7. The van der Waals surface area contributed by atoms with Gasteiger partial charge in [-0.05, 0) is 41.7 Å². The maximum absolute atomic E-state index is 14.6. The fourth-order valence-electron chi connectivity index (χ4n) is 6.84. The average Bonchev–Trinajstić information content (AvgIpc) is 3.30. The van der Waals surface area contributed by atoms with E-state index in [4.69, 9.17) is 4.74 Å². The molecule has 0 radical (unpaired) electrons. The summed E-state index contributed by atoms with van der Waals surface area (Å²) in [5, 5.41) is 12.3. The van der Waals surface area contributed by atoms with Crippen LogP contribution in [0.4, 0.5) is 5.69 Å². The number of fused-ring (bicyclic) bond motifs is 3. The van der Waals surface area contributed by atoms with Crippen LogP contribution in [0.25, 0.3) is 10.8 Å². The van der Waals surface area contributed by atoms with Gasteiger partial charge in [0.05, 0.1) is 35.8 Å². The maximum atomic E-state index is 14.6. The van der Waals surface area contributed by atoms with Crippen molar-refractivity contribution >= 4 is 46.0 Å². The minimum Gasteiger partial charge on any atom is -0.465 e. The summed E-state index contributed by atoms with van der Waals surface area (Å²) in [6.45, 7) is 4.46. The van der Waals surface area contributed by atoms with Crippen molar-refractivity contribution in [2.24, 2.45) is 17.8 Å². The summed E-state index contributed by atoms with van der Waals surface area (Å²) in [6.07, 6.45) is 9.16. The van der Waals surface area contributed by atoms with Crippen molar-refractivity contribution in [2.75, 3.05) is 24.7 Å². The largest absolute Gasteiger partial charge is 0.465 e. The molecule has 1 spiro atoms. The Kier molecular flexibility index (Phi) is 6.79. The molecule has 1 N–H and O–H groups in total. The first kappa shape index (κ1) is 26.1. The molecule has 4 aliphatic rings. The molecule has 0 aromatic heterocycles. The summed E-state index contributed by atoms with van der Waals surface area (Å²) in [5.41, 5.74) is 0.758. The molecule has 204 valence electrons. The Hall–Kier alpha value is -3.10. The average molecular weight is 547 g/mol. The Balaban J connectivity index is 1.48. The zero-order valence-electron chi connectivity index (χ0n) is 22.2. The highest BCUT2D eigenvalue weighted by Gasteiger charge is 2.71. The van der Waals surface area contributed by atoms with E-state index in [1.807, 2.05) is 80.6 Å². The first-order chi connectivity index (χ1) is 18.9. The number of aliphatic hydroxyl groups is 1. The Morgan fingerprint density at radius 2 is 1.87 bits per heavy atom. The van der Waals surface area contributed by atoms with E-state index in [0.29, 0.717) is 19.4 Å². The smallest absolute Gasteiger partial charge is 0.311 e. The molecule has 2 aromatic carbocycles. The third-order valence-corrected chi connectivity index (χ3v) is 10.2. The van der Waals surface area contributed by atoms with Gasteiger partial charge in [-0.1, -0.05) is 68.5 Å². The summed E-state index contributed by atoms with van der Waals surface area (Å²) >= 11 is 1.53. The van der Waals surface area contributed by atoms with Crippen molar-refractivity contribution in [2.45, 2.75) is 48.8 Å². The van der Waals surface area contributed by atoms with Crippen molar-refractivity contribution in [3.8, 4) is 0 Å². The van der Waals surface area contributed by atoms with Crippen LogP contribution in [0.15, 0.2) is 66.8 Å². The topological polar surface area (TPSA) is 87.2 Å². The standard InChI is InChI=1S/C31H34N2O5S/c1-19(2)16-23(18-34)33-27-29(36)32(22-12-11-20-8-3-4-9-21(20)17-22)14-7-13-31(27)26(28(33)35)25-24(39-31)10-5-6-15-38-30(25)37/h3-5,7-13,17,19,23-27,34H,6,14-16,18H2,1-2H3/t23-,24+,25-,26+,27?,31+/m1/s1. The van der Waals surface area contributed by atoms with E-state index in [1.54, 1.807) is 9.80 Å². The number of carbonyl (C=O) groups is 3. The van der Waals surface area contributed by atoms with Crippen molar-refractivity contribution in [1.29, 1.82) is 0 Å². The van der Waals surface area contributed by atoms with E-state index in [-0.39, 0.29) is 42.2 Å². The molecule has 2 amide bonds. The number of thioether (sulfide) groups is 1. The van der Waals surface area contributed by atoms with Crippen LogP contribution in [0.1, 0.15) is 26.7 Å². The zero-order valence-corrected chi connectivity index (χ0v) is 23.0. The van der Waals surface area contributed by atoms with E-state index >= 15 is 0 Å². The van der Waals surface area contributed by atoms with E-state index in [1.165, 1.54) is 11.8 Å². The molecule has 1 unspecified atom stereocenters. The molecule has 0 bridgehead atoms. The van der Waals surface area contributed by atoms with E-state index in [9.17, 15) is 19.5 Å². The predicted molar refractivity (Wildman–Crippen MR) is 152 cm³/mol. The van der Waals surface area contributed by atoms with Crippen LogP contribution in [0.5, 0.6) is 0 Å². The first-order valence-electron chi connectivity index (χ1n) is 13.8. The van der Waals surface area contributed by atoms with Crippen LogP contribution in [-0.4, -0.2) is 69.6 Å². The second-order valence-electron chi connectivity index (χ2n) is 11.3. The molecular formula is C31H34N2O5S. The van der Waals surface area contributed by atoms with Crippen molar-refractivity contribution < 1.29 is 24.2 Å². The molecule has 6 rings (SSSR count). The van der Waals surface area contributed by atoms with Crippen molar-refractivity contribution in [1.82, 2.24) is 4.90 Å². The van der Waals surface area contributed by atoms with Gasteiger partial charge in [0.1, 0.15) is 6.04 Å². The third kappa shape index (κ3) is 4.19. The van der Waals surface area contributed by atoms with Gasteiger partial charge in [-0.2, -0.15) is 0 Å². The summed E-state index contributed by atoms with van der Waals surface area (Å²) in [4.78, 5) is 45.7. The molecule has 0 aliphatic carbocycles. The Morgan fingerprint density at radius 3 is 2.64 bits per heavy atom. The molecule has 39 heavy (non-hydrogen) atoms. The van der Waals surface area contributed by atoms with Gasteiger partial charge >= 0.3 is 5.97 Å². The fraction of sp³-hybridized carbons (Fsp3) is 0.452. The SMILES string of the molecule is CC(C)C[C@H](CO)N1C(=O)[C@@H]2[C@@H]3C(=O)OCCC=C[C@@H]3S[C@@]23C=CCN(c2ccc4ccccc4c2)C(=O)C13. The zero-order chi connectivity index (χ0) is 27.3. The maximum Gasteiger partial charge on any atom is 0.311 e. The fourth-order valence-corrected chi connectivity index (χ4v) is 8.82. The lowest BCUT2D eigenvalue weighted by atomic mass is 9.78. The molecule has 4 aliphatic heterocycles. The summed E-state index contributed by atoms with van der Waals surface area (Å²) in [5.74, 6) is -2.04. The number of rotatable bonds is 5. The van der Waals surface area contributed by atoms with Crippen LogP contribution < -0.4 is 4.90 Å². The van der Waals surface area contributed by atoms with Crippen molar-refractivity contribution in [3.05, 3.63) is 66.8 Å². The molecule has 7 nitrogen and oxygen atoms in total. The Morgan fingerprint density at radius 1 is 1.08 bits per heavy atom. The molecular weight excluding hydrogens is 512 g/mol. The second-order valence-corrected chi connectivity index (χ2v) is 12.8. The number of esters is 1. The molecule has 2 fully saturated rings. The number of cyclic esters (lactones) is 1. The number of carbonyl (C=O) groups excluding carboxylic acids is 3. The number of benzene rings is 2. The van der Waals surface area contributed by atoms with Gasteiger partial charge in [-0.25, -0.2) is 0 Å². The number of hydrogen-bond donors (Lipinski definition) is 1. The number of likely N-dealkylation sites (tertiary alicyclic amines) is 1.